The van der Waals surface area contributed by atoms with E-state index < -0.39 is 0 Å². The Morgan fingerprint density at radius 2 is 2.46 bits per heavy atom. The van der Waals surface area contributed by atoms with Crippen LogP contribution in [0.3, 0.4) is 0 Å². The van der Waals surface area contributed by atoms with Crippen molar-refractivity contribution in [3.8, 4) is 0 Å². The van der Waals surface area contributed by atoms with Crippen molar-refractivity contribution in [2.45, 2.75) is 6.54 Å². The molecule has 0 saturated heterocycles. The maximum atomic E-state index is 10.4. The Bertz CT molecular complexity index is 450. The van der Waals surface area contributed by atoms with E-state index >= 15 is 0 Å². The van der Waals surface area contributed by atoms with Crippen LogP contribution in [-0.4, -0.2) is 15.8 Å². The van der Waals surface area contributed by atoms with E-state index in [0.717, 1.165) is 21.7 Å². The highest BCUT2D eigenvalue weighted by Gasteiger charge is 2.04. The van der Waals surface area contributed by atoms with Crippen LogP contribution in [0.1, 0.15) is 0 Å². The van der Waals surface area contributed by atoms with Crippen molar-refractivity contribution >= 4 is 33.1 Å². The standard InChI is InChI=1S/C9H7BrN2O/c10-8-6-12(3-4-13)9-5-11-2-1-7(8)9/h1-2,4-6H,3H2. The van der Waals surface area contributed by atoms with Gasteiger partial charge < -0.3 is 9.36 Å². The van der Waals surface area contributed by atoms with Gasteiger partial charge in [-0.05, 0) is 22.0 Å². The van der Waals surface area contributed by atoms with Crippen molar-refractivity contribution in [2.75, 3.05) is 0 Å². The first-order chi connectivity index (χ1) is 6.33. The Kier molecular flexibility index (Phi) is 2.14. The predicted octanol–water partition coefficient (Wildman–Crippen LogP) is 2.00. The van der Waals surface area contributed by atoms with Crippen molar-refractivity contribution in [3.05, 3.63) is 29.1 Å². The fourth-order valence-corrected chi connectivity index (χ4v) is 1.91. The molecule has 0 atom stereocenters. The smallest absolute Gasteiger partial charge is 0.139 e. The van der Waals surface area contributed by atoms with E-state index in [-0.39, 0.29) is 0 Å². The second-order valence-corrected chi connectivity index (χ2v) is 3.54. The molecule has 0 bridgehead atoms. The lowest BCUT2D eigenvalue weighted by atomic mass is 10.3. The number of rotatable bonds is 2. The molecule has 13 heavy (non-hydrogen) atoms. The molecule has 2 rings (SSSR count). The first kappa shape index (κ1) is 8.44. The van der Waals surface area contributed by atoms with E-state index in [1.807, 2.05) is 16.8 Å². The van der Waals surface area contributed by atoms with E-state index in [1.165, 1.54) is 0 Å². The van der Waals surface area contributed by atoms with Crippen molar-refractivity contribution in [3.63, 3.8) is 0 Å². The number of pyridine rings is 1. The maximum absolute atomic E-state index is 10.4. The molecule has 3 nitrogen and oxygen atoms in total. The Balaban J connectivity index is 2.70. The van der Waals surface area contributed by atoms with Gasteiger partial charge in [-0.3, -0.25) is 4.98 Å². The van der Waals surface area contributed by atoms with Gasteiger partial charge in [0.1, 0.15) is 6.29 Å². The lowest BCUT2D eigenvalue weighted by Crippen LogP contribution is -1.95. The van der Waals surface area contributed by atoms with Crippen LogP contribution in [0.2, 0.25) is 0 Å². The number of aromatic nitrogens is 2. The summed E-state index contributed by atoms with van der Waals surface area (Å²) in [4.78, 5) is 14.4. The van der Waals surface area contributed by atoms with Crippen molar-refractivity contribution < 1.29 is 4.79 Å². The maximum Gasteiger partial charge on any atom is 0.139 e. The Hall–Kier alpha value is -1.16. The van der Waals surface area contributed by atoms with Crippen molar-refractivity contribution in [1.82, 2.24) is 9.55 Å². The van der Waals surface area contributed by atoms with Gasteiger partial charge in [-0.25, -0.2) is 0 Å². The number of hydrogen-bond donors (Lipinski definition) is 0. The molecule has 0 aromatic carbocycles. The highest BCUT2D eigenvalue weighted by molar-refractivity contribution is 9.10. The summed E-state index contributed by atoms with van der Waals surface area (Å²) in [5.74, 6) is 0. The van der Waals surface area contributed by atoms with Gasteiger partial charge in [-0.1, -0.05) is 0 Å². The zero-order chi connectivity index (χ0) is 9.26. The molecule has 2 heterocycles. The third-order valence-corrected chi connectivity index (χ3v) is 2.54. The first-order valence-electron chi connectivity index (χ1n) is 3.85. The minimum atomic E-state index is 0.369. The van der Waals surface area contributed by atoms with Crippen molar-refractivity contribution in [1.29, 1.82) is 0 Å². The van der Waals surface area contributed by atoms with Gasteiger partial charge in [0.15, 0.2) is 0 Å². The van der Waals surface area contributed by atoms with Crippen molar-refractivity contribution in [2.24, 2.45) is 0 Å². The molecule has 0 aliphatic heterocycles. The molecule has 0 amide bonds. The molecule has 4 heteroatoms. The van der Waals surface area contributed by atoms with Crippen LogP contribution in [-0.2, 0) is 11.3 Å². The molecule has 0 radical (unpaired) electrons. The predicted molar refractivity (Wildman–Crippen MR) is 53.5 cm³/mol. The Morgan fingerprint density at radius 3 is 3.23 bits per heavy atom. The fourth-order valence-electron chi connectivity index (χ4n) is 1.32. The number of carbonyl (C=O) groups is 1. The number of aldehydes is 1. The van der Waals surface area contributed by atoms with E-state index in [1.54, 1.807) is 12.4 Å². The number of carbonyl (C=O) groups excluding carboxylic acids is 1. The lowest BCUT2D eigenvalue weighted by molar-refractivity contribution is -0.108. The summed E-state index contributed by atoms with van der Waals surface area (Å²) in [5, 5.41) is 1.08. The molecular formula is C9H7BrN2O. The van der Waals surface area contributed by atoms with Gasteiger partial charge in [0.25, 0.3) is 0 Å². The third-order valence-electron chi connectivity index (χ3n) is 1.91. The monoisotopic (exact) mass is 238 g/mol. The van der Waals surface area contributed by atoms with E-state index in [0.29, 0.717) is 6.54 Å². The largest absolute Gasteiger partial charge is 0.338 e. The minimum absolute atomic E-state index is 0.369. The molecule has 0 fully saturated rings. The summed E-state index contributed by atoms with van der Waals surface area (Å²) in [7, 11) is 0. The lowest BCUT2D eigenvalue weighted by Gasteiger charge is -1.96. The highest BCUT2D eigenvalue weighted by Crippen LogP contribution is 2.24. The van der Waals surface area contributed by atoms with E-state index in [9.17, 15) is 4.79 Å². The first-order valence-corrected chi connectivity index (χ1v) is 4.64. The summed E-state index contributed by atoms with van der Waals surface area (Å²) < 4.78 is 2.85. The van der Waals surface area contributed by atoms with Crippen LogP contribution in [0.15, 0.2) is 29.1 Å². The molecule has 0 N–H and O–H groups in total. The number of fused-ring (bicyclic) bond motifs is 1. The number of halogens is 1. The molecule has 0 saturated carbocycles. The summed E-state index contributed by atoms with van der Waals surface area (Å²) in [6.07, 6.45) is 6.25. The quantitative estimate of drug-likeness (QED) is 0.751. The summed E-state index contributed by atoms with van der Waals surface area (Å²) in [5.41, 5.74) is 0.974. The molecular weight excluding hydrogens is 232 g/mol. The Morgan fingerprint density at radius 1 is 1.62 bits per heavy atom. The van der Waals surface area contributed by atoms with E-state index in [2.05, 4.69) is 20.9 Å². The van der Waals surface area contributed by atoms with Crippen LogP contribution in [0.4, 0.5) is 0 Å². The molecule has 0 unspecified atom stereocenters. The third kappa shape index (κ3) is 1.37. The van der Waals surface area contributed by atoms with Crippen LogP contribution in [0.5, 0.6) is 0 Å². The normalized spacial score (nSPS) is 10.5. The topological polar surface area (TPSA) is 34.9 Å². The van der Waals surface area contributed by atoms with Gasteiger partial charge in [0, 0.05) is 22.3 Å². The summed E-state index contributed by atoms with van der Waals surface area (Å²) >= 11 is 3.42. The van der Waals surface area contributed by atoms with Crippen LogP contribution >= 0.6 is 15.9 Å². The zero-order valence-electron chi connectivity index (χ0n) is 6.77. The second-order valence-electron chi connectivity index (χ2n) is 2.69. The zero-order valence-corrected chi connectivity index (χ0v) is 8.36. The van der Waals surface area contributed by atoms with E-state index in [4.69, 9.17) is 0 Å². The summed E-state index contributed by atoms with van der Waals surface area (Å²) in [6.45, 7) is 0.369. The molecule has 0 spiro atoms. The average molecular weight is 239 g/mol. The molecule has 0 aliphatic carbocycles. The van der Waals surface area contributed by atoms with Crippen LogP contribution in [0.25, 0.3) is 10.9 Å². The average Bonchev–Trinajstić information content (AvgIpc) is 2.46. The van der Waals surface area contributed by atoms with Crippen LogP contribution < -0.4 is 0 Å². The van der Waals surface area contributed by atoms with Gasteiger partial charge in [-0.15, -0.1) is 0 Å². The van der Waals surface area contributed by atoms with Gasteiger partial charge in [-0.2, -0.15) is 0 Å². The molecule has 2 aromatic heterocycles. The number of hydrogen-bond acceptors (Lipinski definition) is 2. The minimum Gasteiger partial charge on any atom is -0.338 e. The van der Waals surface area contributed by atoms with Gasteiger partial charge in [0.2, 0.25) is 0 Å². The molecule has 2 aromatic rings. The highest BCUT2D eigenvalue weighted by atomic mass is 79.9. The number of nitrogens with zero attached hydrogens (tertiary/aromatic N) is 2. The molecule has 0 aliphatic rings. The van der Waals surface area contributed by atoms with Gasteiger partial charge >= 0.3 is 0 Å². The fraction of sp³-hybridized carbons (Fsp3) is 0.111. The van der Waals surface area contributed by atoms with Gasteiger partial charge in [0.05, 0.1) is 18.3 Å². The summed E-state index contributed by atoms with van der Waals surface area (Å²) in [6, 6.07) is 1.92. The SMILES string of the molecule is O=CCn1cc(Br)c2ccncc21. The molecule has 66 valence electrons. The second kappa shape index (κ2) is 3.30. The Labute approximate surface area is 83.5 Å². The van der Waals surface area contributed by atoms with Crippen LogP contribution in [0, 0.1) is 0 Å².